The Hall–Kier alpha value is -2.34. The Kier molecular flexibility index (Phi) is 5.40. The number of alkyl halides is 3. The van der Waals surface area contributed by atoms with E-state index in [0.29, 0.717) is 12.1 Å². The number of hydrogen-bond donors (Lipinski definition) is 0. The maximum atomic E-state index is 12.3. The van der Waals surface area contributed by atoms with Crippen LogP contribution in [0.15, 0.2) is 54.7 Å². The second-order valence-electron chi connectivity index (χ2n) is 7.50. The van der Waals surface area contributed by atoms with Gasteiger partial charge in [-0.2, -0.15) is 13.2 Å². The van der Waals surface area contributed by atoms with Gasteiger partial charge in [-0.15, -0.1) is 0 Å². The van der Waals surface area contributed by atoms with Crippen molar-refractivity contribution in [2.45, 2.75) is 50.5 Å². The van der Waals surface area contributed by atoms with Crippen LogP contribution in [0.2, 0.25) is 0 Å². The average Bonchev–Trinajstić information content (AvgIpc) is 2.67. The Balaban J connectivity index is 1.47. The molecule has 2 unspecified atom stereocenters. The molecule has 2 aromatic rings. The van der Waals surface area contributed by atoms with E-state index in [9.17, 15) is 13.2 Å². The van der Waals surface area contributed by atoms with E-state index < -0.39 is 12.8 Å². The van der Waals surface area contributed by atoms with E-state index in [4.69, 9.17) is 4.74 Å². The Morgan fingerprint density at radius 3 is 2.57 bits per heavy atom. The van der Waals surface area contributed by atoms with Crippen molar-refractivity contribution in [1.29, 1.82) is 0 Å². The highest BCUT2D eigenvalue weighted by Gasteiger charge is 2.34. The standard InChI is InChI=1S/C22H23F3N2O/c23-22(24,25)15-28-21-10-9-17(13-26-21)18-11-19-7-4-8-20(12-18)27(19)14-16-5-2-1-3-6-16/h1-3,5-6,9-11,13,19-20H,4,7-8,12,14-15H2. The number of nitrogens with zero attached hydrogens (tertiary/aromatic N) is 2. The number of rotatable bonds is 5. The first-order valence-electron chi connectivity index (χ1n) is 9.64. The van der Waals surface area contributed by atoms with Crippen LogP contribution in [0, 0.1) is 0 Å². The molecule has 3 nitrogen and oxygen atoms in total. The minimum atomic E-state index is -4.36. The lowest BCUT2D eigenvalue weighted by molar-refractivity contribution is -0.154. The quantitative estimate of drug-likeness (QED) is 0.701. The molecule has 1 aromatic carbocycles. The van der Waals surface area contributed by atoms with E-state index >= 15 is 0 Å². The van der Waals surface area contributed by atoms with Crippen molar-refractivity contribution in [1.82, 2.24) is 9.88 Å². The number of pyridine rings is 1. The summed E-state index contributed by atoms with van der Waals surface area (Å²) in [6.45, 7) is -0.372. The Morgan fingerprint density at radius 2 is 1.89 bits per heavy atom. The lowest BCUT2D eigenvalue weighted by Crippen LogP contribution is -2.47. The predicted molar refractivity (Wildman–Crippen MR) is 102 cm³/mol. The molecule has 0 radical (unpaired) electrons. The van der Waals surface area contributed by atoms with E-state index in [1.165, 1.54) is 30.0 Å². The van der Waals surface area contributed by atoms with Crippen LogP contribution in [0.3, 0.4) is 0 Å². The van der Waals surface area contributed by atoms with E-state index in [0.717, 1.165) is 24.9 Å². The third-order valence-corrected chi connectivity index (χ3v) is 5.48. The van der Waals surface area contributed by atoms with Gasteiger partial charge in [-0.25, -0.2) is 4.98 Å². The Bertz CT molecular complexity index is 818. The molecule has 0 N–H and O–H groups in total. The lowest BCUT2D eigenvalue weighted by atomic mass is 9.83. The summed E-state index contributed by atoms with van der Waals surface area (Å²) in [4.78, 5) is 6.64. The van der Waals surface area contributed by atoms with Gasteiger partial charge in [0.1, 0.15) is 0 Å². The normalized spacial score (nSPS) is 22.6. The minimum Gasteiger partial charge on any atom is -0.468 e. The van der Waals surface area contributed by atoms with E-state index in [1.54, 1.807) is 6.20 Å². The van der Waals surface area contributed by atoms with Crippen molar-refractivity contribution >= 4 is 5.57 Å². The van der Waals surface area contributed by atoms with Gasteiger partial charge in [0.2, 0.25) is 5.88 Å². The molecule has 0 amide bonds. The van der Waals surface area contributed by atoms with E-state index in [1.807, 2.05) is 12.1 Å². The zero-order chi connectivity index (χ0) is 19.6. The summed E-state index contributed by atoms with van der Waals surface area (Å²) < 4.78 is 41.5. The van der Waals surface area contributed by atoms with E-state index in [-0.39, 0.29) is 5.88 Å². The molecule has 4 rings (SSSR count). The number of fused-ring (bicyclic) bond motifs is 2. The van der Waals surface area contributed by atoms with Crippen molar-refractivity contribution in [3.8, 4) is 5.88 Å². The highest BCUT2D eigenvalue weighted by molar-refractivity contribution is 5.67. The van der Waals surface area contributed by atoms with Crippen molar-refractivity contribution in [3.05, 3.63) is 65.9 Å². The largest absolute Gasteiger partial charge is 0.468 e. The number of halogens is 3. The van der Waals surface area contributed by atoms with Crippen molar-refractivity contribution in [2.24, 2.45) is 0 Å². The fourth-order valence-electron chi connectivity index (χ4n) is 4.18. The summed E-state index contributed by atoms with van der Waals surface area (Å²) >= 11 is 0. The minimum absolute atomic E-state index is 0.00313. The molecule has 148 valence electrons. The molecule has 0 saturated carbocycles. The summed E-state index contributed by atoms with van der Waals surface area (Å²) in [6, 6.07) is 14.7. The molecule has 6 heteroatoms. The van der Waals surface area contributed by atoms with Gasteiger partial charge in [0.25, 0.3) is 0 Å². The SMILES string of the molecule is FC(F)(F)COc1ccc(C2=CC3CCCC(C2)N3Cc2ccccc2)cn1. The molecule has 3 heterocycles. The molecule has 0 aliphatic carbocycles. The van der Waals surface area contributed by atoms with Gasteiger partial charge in [-0.05, 0) is 42.0 Å². The smallest absolute Gasteiger partial charge is 0.422 e. The fraction of sp³-hybridized carbons (Fsp3) is 0.409. The van der Waals surface area contributed by atoms with Crippen LogP contribution in [0.1, 0.15) is 36.8 Å². The number of ether oxygens (including phenoxy) is 1. The zero-order valence-electron chi connectivity index (χ0n) is 15.5. The van der Waals surface area contributed by atoms with Gasteiger partial charge in [0.15, 0.2) is 6.61 Å². The molecule has 2 aliphatic heterocycles. The summed E-state index contributed by atoms with van der Waals surface area (Å²) in [5.74, 6) is 0.00313. The molecule has 28 heavy (non-hydrogen) atoms. The highest BCUT2D eigenvalue weighted by Crippen LogP contribution is 2.38. The fourth-order valence-corrected chi connectivity index (χ4v) is 4.18. The van der Waals surface area contributed by atoms with Gasteiger partial charge in [-0.1, -0.05) is 42.8 Å². The number of hydrogen-bond acceptors (Lipinski definition) is 3. The van der Waals surface area contributed by atoms with Gasteiger partial charge in [0, 0.05) is 30.9 Å². The first kappa shape index (κ1) is 19.0. The van der Waals surface area contributed by atoms with Crippen molar-refractivity contribution in [3.63, 3.8) is 0 Å². The predicted octanol–water partition coefficient (Wildman–Crippen LogP) is 5.23. The average molecular weight is 388 g/mol. The van der Waals surface area contributed by atoms with Crippen LogP contribution < -0.4 is 4.74 Å². The molecular formula is C22H23F3N2O. The number of benzene rings is 1. The maximum Gasteiger partial charge on any atom is 0.422 e. The summed E-state index contributed by atoms with van der Waals surface area (Å²) in [5, 5.41) is 0. The number of aromatic nitrogens is 1. The summed E-state index contributed by atoms with van der Waals surface area (Å²) in [7, 11) is 0. The first-order chi connectivity index (χ1) is 13.5. The van der Waals surface area contributed by atoms with Crippen LogP contribution >= 0.6 is 0 Å². The number of piperidine rings is 1. The molecular weight excluding hydrogens is 365 g/mol. The molecule has 1 aromatic heterocycles. The van der Waals surface area contributed by atoms with Crippen molar-refractivity contribution in [2.75, 3.05) is 6.61 Å². The highest BCUT2D eigenvalue weighted by atomic mass is 19.4. The maximum absolute atomic E-state index is 12.3. The molecule has 2 atom stereocenters. The first-order valence-corrected chi connectivity index (χ1v) is 9.64. The topological polar surface area (TPSA) is 25.4 Å². The second kappa shape index (κ2) is 7.95. The van der Waals surface area contributed by atoms with Crippen LogP contribution in [-0.2, 0) is 6.54 Å². The summed E-state index contributed by atoms with van der Waals surface area (Å²) in [5.41, 5.74) is 3.52. The molecule has 2 aliphatic rings. The Morgan fingerprint density at radius 1 is 1.07 bits per heavy atom. The zero-order valence-corrected chi connectivity index (χ0v) is 15.5. The monoisotopic (exact) mass is 388 g/mol. The van der Waals surface area contributed by atoms with Crippen LogP contribution in [0.5, 0.6) is 5.88 Å². The van der Waals surface area contributed by atoms with Crippen LogP contribution in [0.25, 0.3) is 5.57 Å². The van der Waals surface area contributed by atoms with Gasteiger partial charge < -0.3 is 4.74 Å². The second-order valence-corrected chi connectivity index (χ2v) is 7.50. The van der Waals surface area contributed by atoms with Crippen LogP contribution in [0.4, 0.5) is 13.2 Å². The molecule has 2 bridgehead atoms. The Labute approximate surface area is 162 Å². The van der Waals surface area contributed by atoms with Crippen molar-refractivity contribution < 1.29 is 17.9 Å². The third kappa shape index (κ3) is 4.55. The van der Waals surface area contributed by atoms with Gasteiger partial charge in [-0.3, -0.25) is 4.90 Å². The third-order valence-electron chi connectivity index (χ3n) is 5.48. The molecule has 1 fully saturated rings. The molecule has 1 saturated heterocycles. The van der Waals surface area contributed by atoms with E-state index in [2.05, 4.69) is 40.2 Å². The summed E-state index contributed by atoms with van der Waals surface area (Å²) in [6.07, 6.45) is 4.05. The van der Waals surface area contributed by atoms with Gasteiger partial charge >= 0.3 is 6.18 Å². The molecule has 0 spiro atoms. The van der Waals surface area contributed by atoms with Crippen LogP contribution in [-0.4, -0.2) is 34.8 Å². The lowest BCUT2D eigenvalue weighted by Gasteiger charge is -2.45. The van der Waals surface area contributed by atoms with Gasteiger partial charge in [0.05, 0.1) is 0 Å².